The Hall–Kier alpha value is -0.770. The molecular formula is C13H27N3O. The lowest BCUT2D eigenvalue weighted by Crippen LogP contribution is -2.33. The standard InChI is InChI=1S/C13H27N3O/c1-10(11-5-6-11)9-15-8-4-7-13(2,3)12(14)16-17/h10-11,15,17H,4-9H2,1-3H3,(H2,14,16). The smallest absolute Gasteiger partial charge is 0.144 e. The van der Waals surface area contributed by atoms with Crippen molar-refractivity contribution in [3.05, 3.63) is 0 Å². The van der Waals surface area contributed by atoms with Crippen LogP contribution in [0.2, 0.25) is 0 Å². The number of hydrogen-bond acceptors (Lipinski definition) is 3. The summed E-state index contributed by atoms with van der Waals surface area (Å²) in [7, 11) is 0. The highest BCUT2D eigenvalue weighted by atomic mass is 16.4. The van der Waals surface area contributed by atoms with Gasteiger partial charge in [-0.25, -0.2) is 0 Å². The first kappa shape index (κ1) is 14.3. The Morgan fingerprint density at radius 3 is 2.71 bits per heavy atom. The van der Waals surface area contributed by atoms with E-state index in [2.05, 4.69) is 17.4 Å². The van der Waals surface area contributed by atoms with Gasteiger partial charge in [0, 0.05) is 5.41 Å². The van der Waals surface area contributed by atoms with Gasteiger partial charge in [-0.3, -0.25) is 0 Å². The van der Waals surface area contributed by atoms with Crippen LogP contribution in [-0.2, 0) is 0 Å². The minimum absolute atomic E-state index is 0.210. The largest absolute Gasteiger partial charge is 0.409 e. The molecule has 4 heteroatoms. The number of rotatable bonds is 8. The van der Waals surface area contributed by atoms with E-state index in [1.807, 2.05) is 13.8 Å². The van der Waals surface area contributed by atoms with Gasteiger partial charge in [-0.15, -0.1) is 0 Å². The second-order valence-corrected chi connectivity index (χ2v) is 5.99. The molecule has 1 unspecified atom stereocenters. The number of nitrogens with two attached hydrogens (primary N) is 1. The van der Waals surface area contributed by atoms with E-state index in [-0.39, 0.29) is 5.41 Å². The Labute approximate surface area is 105 Å². The summed E-state index contributed by atoms with van der Waals surface area (Å²) in [6, 6.07) is 0. The molecule has 0 radical (unpaired) electrons. The zero-order valence-corrected chi connectivity index (χ0v) is 11.4. The predicted octanol–water partition coefficient (Wildman–Crippen LogP) is 2.17. The average molecular weight is 241 g/mol. The molecule has 0 heterocycles. The van der Waals surface area contributed by atoms with Crippen molar-refractivity contribution >= 4 is 5.84 Å². The lowest BCUT2D eigenvalue weighted by atomic mass is 9.86. The van der Waals surface area contributed by atoms with Crippen molar-refractivity contribution in [2.75, 3.05) is 13.1 Å². The SMILES string of the molecule is CC(CNCCCC(C)(C)C(N)=NO)C1CC1. The van der Waals surface area contributed by atoms with Gasteiger partial charge < -0.3 is 16.3 Å². The van der Waals surface area contributed by atoms with Gasteiger partial charge in [-0.05, 0) is 50.6 Å². The van der Waals surface area contributed by atoms with Crippen LogP contribution in [0.3, 0.4) is 0 Å². The Morgan fingerprint density at radius 2 is 2.18 bits per heavy atom. The quantitative estimate of drug-likeness (QED) is 0.200. The van der Waals surface area contributed by atoms with Crippen LogP contribution in [0.25, 0.3) is 0 Å². The van der Waals surface area contributed by atoms with Gasteiger partial charge in [0.15, 0.2) is 0 Å². The summed E-state index contributed by atoms with van der Waals surface area (Å²) in [5.41, 5.74) is 5.43. The van der Waals surface area contributed by atoms with Crippen LogP contribution in [0.15, 0.2) is 5.16 Å². The average Bonchev–Trinajstić information content (AvgIpc) is 3.10. The number of nitrogens with one attached hydrogen (secondary N) is 1. The summed E-state index contributed by atoms with van der Waals surface area (Å²) in [4.78, 5) is 0. The molecule has 1 fully saturated rings. The van der Waals surface area contributed by atoms with E-state index in [0.717, 1.165) is 37.8 Å². The molecule has 4 N–H and O–H groups in total. The molecular weight excluding hydrogens is 214 g/mol. The molecule has 100 valence electrons. The maximum atomic E-state index is 8.66. The summed E-state index contributed by atoms with van der Waals surface area (Å²) in [5.74, 6) is 2.10. The molecule has 0 aromatic rings. The highest BCUT2D eigenvalue weighted by Crippen LogP contribution is 2.36. The molecule has 1 aliphatic carbocycles. The van der Waals surface area contributed by atoms with Gasteiger partial charge in [-0.1, -0.05) is 25.9 Å². The molecule has 1 atom stereocenters. The molecule has 1 aliphatic rings. The van der Waals surface area contributed by atoms with E-state index in [9.17, 15) is 0 Å². The normalized spacial score (nSPS) is 19.4. The zero-order valence-electron chi connectivity index (χ0n) is 11.4. The van der Waals surface area contributed by atoms with Gasteiger partial charge in [0.25, 0.3) is 0 Å². The maximum absolute atomic E-state index is 8.66. The fourth-order valence-corrected chi connectivity index (χ4v) is 2.08. The van der Waals surface area contributed by atoms with Crippen molar-refractivity contribution in [3.8, 4) is 0 Å². The van der Waals surface area contributed by atoms with Gasteiger partial charge in [-0.2, -0.15) is 0 Å². The second-order valence-electron chi connectivity index (χ2n) is 5.99. The molecule has 0 aromatic carbocycles. The van der Waals surface area contributed by atoms with Crippen molar-refractivity contribution < 1.29 is 5.21 Å². The highest BCUT2D eigenvalue weighted by molar-refractivity contribution is 5.85. The van der Waals surface area contributed by atoms with Gasteiger partial charge in [0.2, 0.25) is 0 Å². The van der Waals surface area contributed by atoms with Gasteiger partial charge in [0.1, 0.15) is 5.84 Å². The molecule has 0 saturated heterocycles. The van der Waals surface area contributed by atoms with E-state index < -0.39 is 0 Å². The first-order valence-corrected chi connectivity index (χ1v) is 6.66. The predicted molar refractivity (Wildman–Crippen MR) is 71.2 cm³/mol. The number of oxime groups is 1. The van der Waals surface area contributed by atoms with E-state index >= 15 is 0 Å². The van der Waals surface area contributed by atoms with Crippen LogP contribution in [-0.4, -0.2) is 24.1 Å². The van der Waals surface area contributed by atoms with Crippen molar-refractivity contribution in [1.82, 2.24) is 5.32 Å². The Morgan fingerprint density at radius 1 is 1.53 bits per heavy atom. The summed E-state index contributed by atoms with van der Waals surface area (Å²) < 4.78 is 0. The third kappa shape index (κ3) is 4.94. The molecule has 0 bridgehead atoms. The van der Waals surface area contributed by atoms with Gasteiger partial charge >= 0.3 is 0 Å². The van der Waals surface area contributed by atoms with Crippen molar-refractivity contribution in [1.29, 1.82) is 0 Å². The fourth-order valence-electron chi connectivity index (χ4n) is 2.08. The van der Waals surface area contributed by atoms with Crippen LogP contribution in [0.5, 0.6) is 0 Å². The van der Waals surface area contributed by atoms with Crippen LogP contribution < -0.4 is 11.1 Å². The Kier molecular flexibility index (Phi) is 5.25. The Bertz CT molecular complexity index is 259. The van der Waals surface area contributed by atoms with Crippen molar-refractivity contribution in [3.63, 3.8) is 0 Å². The molecule has 0 aromatic heterocycles. The topological polar surface area (TPSA) is 70.6 Å². The molecule has 0 aliphatic heterocycles. The number of hydrogen-bond donors (Lipinski definition) is 3. The first-order valence-electron chi connectivity index (χ1n) is 6.66. The minimum atomic E-state index is -0.210. The number of nitrogens with zero attached hydrogens (tertiary/aromatic N) is 1. The summed E-state index contributed by atoms with van der Waals surface area (Å²) in [6.45, 7) is 8.47. The van der Waals surface area contributed by atoms with E-state index in [4.69, 9.17) is 10.9 Å². The minimum Gasteiger partial charge on any atom is -0.409 e. The van der Waals surface area contributed by atoms with Gasteiger partial charge in [0.05, 0.1) is 0 Å². The first-order chi connectivity index (χ1) is 7.97. The molecule has 0 amide bonds. The van der Waals surface area contributed by atoms with Crippen LogP contribution in [0.4, 0.5) is 0 Å². The van der Waals surface area contributed by atoms with E-state index in [0.29, 0.717) is 5.84 Å². The third-order valence-corrected chi connectivity index (χ3v) is 3.85. The zero-order chi connectivity index (χ0) is 12.9. The molecule has 17 heavy (non-hydrogen) atoms. The summed E-state index contributed by atoms with van der Waals surface area (Å²) >= 11 is 0. The van der Waals surface area contributed by atoms with Crippen molar-refractivity contribution in [2.24, 2.45) is 28.1 Å². The van der Waals surface area contributed by atoms with Crippen LogP contribution in [0.1, 0.15) is 46.5 Å². The maximum Gasteiger partial charge on any atom is 0.144 e. The van der Waals surface area contributed by atoms with Crippen LogP contribution in [0, 0.1) is 17.3 Å². The summed E-state index contributed by atoms with van der Waals surface area (Å²) in [6.07, 6.45) is 4.83. The van der Waals surface area contributed by atoms with E-state index in [1.165, 1.54) is 12.8 Å². The van der Waals surface area contributed by atoms with Crippen molar-refractivity contribution in [2.45, 2.75) is 46.5 Å². The second kappa shape index (κ2) is 6.24. The highest BCUT2D eigenvalue weighted by Gasteiger charge is 2.27. The Balaban J connectivity index is 2.06. The van der Waals surface area contributed by atoms with Crippen LogP contribution >= 0.6 is 0 Å². The number of amidine groups is 1. The lowest BCUT2D eigenvalue weighted by molar-refractivity contribution is 0.304. The summed E-state index contributed by atoms with van der Waals surface area (Å²) in [5, 5.41) is 15.2. The molecule has 1 rings (SSSR count). The third-order valence-electron chi connectivity index (χ3n) is 3.85. The lowest BCUT2D eigenvalue weighted by Gasteiger charge is -2.22. The van der Waals surface area contributed by atoms with E-state index in [1.54, 1.807) is 0 Å². The fraction of sp³-hybridized carbons (Fsp3) is 0.923. The molecule has 1 saturated carbocycles. The molecule has 0 spiro atoms. The monoisotopic (exact) mass is 241 g/mol. The molecule has 4 nitrogen and oxygen atoms in total.